The summed E-state index contributed by atoms with van der Waals surface area (Å²) >= 11 is 5.19. The number of para-hydroxylation sites is 2. The van der Waals surface area contributed by atoms with E-state index < -0.39 is 0 Å². The Morgan fingerprint density at radius 3 is 2.65 bits per heavy atom. The fourth-order valence-corrected chi connectivity index (χ4v) is 2.13. The molecule has 0 aliphatic rings. The van der Waals surface area contributed by atoms with Crippen LogP contribution in [-0.4, -0.2) is 25.0 Å². The monoisotopic (exact) mass is 329 g/mol. The predicted molar refractivity (Wildman–Crippen MR) is 97.6 cm³/mol. The fraction of sp³-hybridized carbons (Fsp3) is 0.176. The van der Waals surface area contributed by atoms with Crippen LogP contribution in [0.15, 0.2) is 53.6 Å². The molecule has 0 atom stereocenters. The molecule has 2 aromatic carbocycles. The van der Waals surface area contributed by atoms with Gasteiger partial charge in [0.05, 0.1) is 19.9 Å². The molecule has 0 bridgehead atoms. The average molecular weight is 329 g/mol. The molecule has 6 heteroatoms. The Morgan fingerprint density at radius 2 is 1.96 bits per heavy atom. The molecule has 0 heterocycles. The van der Waals surface area contributed by atoms with Crippen molar-refractivity contribution in [2.75, 3.05) is 19.0 Å². The van der Waals surface area contributed by atoms with Gasteiger partial charge in [-0.3, -0.25) is 5.43 Å². The van der Waals surface area contributed by atoms with E-state index in [1.807, 2.05) is 55.5 Å². The maximum atomic E-state index is 5.53. The van der Waals surface area contributed by atoms with E-state index in [4.69, 9.17) is 21.7 Å². The Morgan fingerprint density at radius 1 is 1.17 bits per heavy atom. The third-order valence-electron chi connectivity index (χ3n) is 2.91. The molecular formula is C17H19N3O2S. The van der Waals surface area contributed by atoms with Gasteiger partial charge in [0.1, 0.15) is 0 Å². The van der Waals surface area contributed by atoms with Gasteiger partial charge in [0, 0.05) is 11.3 Å². The molecule has 0 fully saturated rings. The molecule has 0 aliphatic carbocycles. The number of nitrogens with one attached hydrogen (secondary N) is 2. The number of benzene rings is 2. The van der Waals surface area contributed by atoms with Gasteiger partial charge in [0.25, 0.3) is 0 Å². The Balaban J connectivity index is 2.00. The highest BCUT2D eigenvalue weighted by Crippen LogP contribution is 2.29. The Kier molecular flexibility index (Phi) is 6.38. The van der Waals surface area contributed by atoms with Crippen molar-refractivity contribution >= 4 is 29.2 Å². The van der Waals surface area contributed by atoms with Gasteiger partial charge in [0.15, 0.2) is 16.6 Å². The summed E-state index contributed by atoms with van der Waals surface area (Å²) < 4.78 is 10.9. The second-order valence-electron chi connectivity index (χ2n) is 4.50. The summed E-state index contributed by atoms with van der Waals surface area (Å²) in [6.45, 7) is 2.50. The van der Waals surface area contributed by atoms with Gasteiger partial charge in [0.2, 0.25) is 0 Å². The number of thiocarbonyl (C=S) groups is 1. The normalized spacial score (nSPS) is 10.3. The van der Waals surface area contributed by atoms with Crippen LogP contribution in [0.3, 0.4) is 0 Å². The Labute approximate surface area is 141 Å². The zero-order valence-corrected chi connectivity index (χ0v) is 13.9. The minimum atomic E-state index is 0.410. The van der Waals surface area contributed by atoms with Gasteiger partial charge >= 0.3 is 0 Å². The molecule has 2 aromatic rings. The van der Waals surface area contributed by atoms with Crippen molar-refractivity contribution in [2.24, 2.45) is 5.10 Å². The zero-order chi connectivity index (χ0) is 16.5. The molecule has 0 aromatic heterocycles. The van der Waals surface area contributed by atoms with Crippen molar-refractivity contribution in [1.29, 1.82) is 0 Å². The third kappa shape index (κ3) is 4.96. The second kappa shape index (κ2) is 8.75. The molecular weight excluding hydrogens is 310 g/mol. The number of ether oxygens (including phenoxy) is 2. The molecule has 0 radical (unpaired) electrons. The van der Waals surface area contributed by atoms with E-state index in [1.165, 1.54) is 0 Å². The van der Waals surface area contributed by atoms with Crippen LogP contribution in [0.2, 0.25) is 0 Å². The number of hydrogen-bond acceptors (Lipinski definition) is 4. The van der Waals surface area contributed by atoms with E-state index >= 15 is 0 Å². The average Bonchev–Trinajstić information content (AvgIpc) is 2.56. The molecule has 0 amide bonds. The van der Waals surface area contributed by atoms with Crippen LogP contribution < -0.4 is 20.2 Å². The molecule has 23 heavy (non-hydrogen) atoms. The molecule has 0 unspecified atom stereocenters. The number of methoxy groups -OCH3 is 1. The molecule has 5 nitrogen and oxygen atoms in total. The molecule has 120 valence electrons. The minimum absolute atomic E-state index is 0.410. The van der Waals surface area contributed by atoms with Crippen LogP contribution in [-0.2, 0) is 0 Å². The number of rotatable bonds is 6. The van der Waals surface area contributed by atoms with E-state index in [-0.39, 0.29) is 0 Å². The second-order valence-corrected chi connectivity index (χ2v) is 4.91. The number of nitrogens with zero attached hydrogens (tertiary/aromatic N) is 1. The third-order valence-corrected chi connectivity index (χ3v) is 3.11. The first-order valence-electron chi connectivity index (χ1n) is 7.19. The van der Waals surface area contributed by atoms with Gasteiger partial charge in [-0.25, -0.2) is 0 Å². The highest BCUT2D eigenvalue weighted by Gasteiger charge is 2.08. The summed E-state index contributed by atoms with van der Waals surface area (Å²) in [6, 6.07) is 15.3. The standard InChI is InChI=1S/C17H19N3O2S/c1-3-22-15-11-7-8-13(16(15)21-2)12-18-20-17(23)19-14-9-5-4-6-10-14/h4-12H,3H2,1-2H3,(H2,19,20,23)/b18-12+. The number of hydrazone groups is 1. The SMILES string of the molecule is CCOc1cccc(/C=N/NC(=S)Nc2ccccc2)c1OC. The van der Waals surface area contributed by atoms with E-state index in [0.29, 0.717) is 23.2 Å². The summed E-state index contributed by atoms with van der Waals surface area (Å²) in [5.74, 6) is 1.32. The summed E-state index contributed by atoms with van der Waals surface area (Å²) in [6.07, 6.45) is 1.64. The molecule has 0 aliphatic heterocycles. The first-order valence-corrected chi connectivity index (χ1v) is 7.60. The van der Waals surface area contributed by atoms with Crippen LogP contribution in [0.25, 0.3) is 0 Å². The molecule has 2 N–H and O–H groups in total. The van der Waals surface area contributed by atoms with Gasteiger partial charge in [-0.2, -0.15) is 5.10 Å². The van der Waals surface area contributed by atoms with Crippen LogP contribution in [0.4, 0.5) is 5.69 Å². The fourth-order valence-electron chi connectivity index (χ4n) is 1.96. The van der Waals surface area contributed by atoms with Gasteiger partial charge < -0.3 is 14.8 Å². The molecule has 0 spiro atoms. The van der Waals surface area contributed by atoms with Crippen LogP contribution >= 0.6 is 12.2 Å². The van der Waals surface area contributed by atoms with E-state index in [1.54, 1.807) is 13.3 Å². The van der Waals surface area contributed by atoms with Crippen molar-refractivity contribution < 1.29 is 9.47 Å². The van der Waals surface area contributed by atoms with Crippen LogP contribution in [0, 0.1) is 0 Å². The van der Waals surface area contributed by atoms with E-state index in [9.17, 15) is 0 Å². The van der Waals surface area contributed by atoms with Crippen molar-refractivity contribution in [2.45, 2.75) is 6.92 Å². The summed E-state index contributed by atoms with van der Waals surface area (Å²) in [4.78, 5) is 0. The highest BCUT2D eigenvalue weighted by atomic mass is 32.1. The molecule has 2 rings (SSSR count). The predicted octanol–water partition coefficient (Wildman–Crippen LogP) is 3.41. The minimum Gasteiger partial charge on any atom is -0.492 e. The Hall–Kier alpha value is -2.60. The van der Waals surface area contributed by atoms with Crippen molar-refractivity contribution in [3.63, 3.8) is 0 Å². The molecule has 0 saturated heterocycles. The first-order chi connectivity index (χ1) is 11.2. The summed E-state index contributed by atoms with van der Waals surface area (Å²) in [7, 11) is 1.60. The van der Waals surface area contributed by atoms with E-state index in [2.05, 4.69) is 15.8 Å². The van der Waals surface area contributed by atoms with Gasteiger partial charge in [-0.15, -0.1) is 0 Å². The van der Waals surface area contributed by atoms with E-state index in [0.717, 1.165) is 11.3 Å². The lowest BCUT2D eigenvalue weighted by Gasteiger charge is -2.11. The van der Waals surface area contributed by atoms with Gasteiger partial charge in [-0.1, -0.05) is 24.3 Å². The quantitative estimate of drug-likeness (QED) is 0.483. The first kappa shape index (κ1) is 16.8. The highest BCUT2D eigenvalue weighted by molar-refractivity contribution is 7.80. The lowest BCUT2D eigenvalue weighted by atomic mass is 10.2. The maximum absolute atomic E-state index is 5.53. The number of hydrogen-bond donors (Lipinski definition) is 2. The van der Waals surface area contributed by atoms with Crippen molar-refractivity contribution in [3.8, 4) is 11.5 Å². The lowest BCUT2D eigenvalue weighted by molar-refractivity contribution is 0.310. The Bertz CT molecular complexity index is 675. The maximum Gasteiger partial charge on any atom is 0.191 e. The molecule has 0 saturated carbocycles. The van der Waals surface area contributed by atoms with Crippen LogP contribution in [0.5, 0.6) is 11.5 Å². The smallest absolute Gasteiger partial charge is 0.191 e. The lowest BCUT2D eigenvalue weighted by Crippen LogP contribution is -2.23. The zero-order valence-electron chi connectivity index (χ0n) is 13.1. The van der Waals surface area contributed by atoms with Crippen LogP contribution in [0.1, 0.15) is 12.5 Å². The largest absolute Gasteiger partial charge is 0.492 e. The number of anilines is 1. The van der Waals surface area contributed by atoms with Crippen molar-refractivity contribution in [1.82, 2.24) is 5.43 Å². The van der Waals surface area contributed by atoms with Gasteiger partial charge in [-0.05, 0) is 43.4 Å². The topological polar surface area (TPSA) is 54.9 Å². The summed E-state index contributed by atoms with van der Waals surface area (Å²) in [5.41, 5.74) is 4.47. The summed E-state index contributed by atoms with van der Waals surface area (Å²) in [5, 5.41) is 7.58. The van der Waals surface area contributed by atoms with Crippen molar-refractivity contribution in [3.05, 3.63) is 54.1 Å².